The van der Waals surface area contributed by atoms with Crippen LogP contribution in [-0.2, 0) is 16.1 Å². The number of carbonyl (C=O) groups is 1. The van der Waals surface area contributed by atoms with Crippen LogP contribution in [0.15, 0.2) is 30.3 Å². The Morgan fingerprint density at radius 2 is 1.86 bits per heavy atom. The van der Waals surface area contributed by atoms with Crippen molar-refractivity contribution >= 4 is 6.09 Å². The van der Waals surface area contributed by atoms with Gasteiger partial charge in [-0.25, -0.2) is 4.79 Å². The Hall–Kier alpha value is -1.59. The molecule has 0 aliphatic carbocycles. The summed E-state index contributed by atoms with van der Waals surface area (Å²) in [4.78, 5) is 13.7. The highest BCUT2D eigenvalue weighted by molar-refractivity contribution is 5.67. The van der Waals surface area contributed by atoms with E-state index in [4.69, 9.17) is 9.47 Å². The molecule has 0 fully saturated rings. The number of nitrogens with zero attached hydrogens (tertiary/aromatic N) is 1. The van der Waals surface area contributed by atoms with Gasteiger partial charge in [-0.05, 0) is 18.7 Å². The number of ether oxygens (including phenoxy) is 2. The van der Waals surface area contributed by atoms with Crippen molar-refractivity contribution in [1.82, 2.24) is 10.2 Å². The largest absolute Gasteiger partial charge is 0.445 e. The van der Waals surface area contributed by atoms with E-state index >= 15 is 0 Å². The molecule has 5 nitrogen and oxygen atoms in total. The highest BCUT2D eigenvalue weighted by Crippen LogP contribution is 2.00. The first-order chi connectivity index (χ1) is 10.3. The van der Waals surface area contributed by atoms with E-state index in [0.29, 0.717) is 19.8 Å². The molecule has 0 aromatic heterocycles. The van der Waals surface area contributed by atoms with E-state index < -0.39 is 6.09 Å². The summed E-state index contributed by atoms with van der Waals surface area (Å²) in [6.07, 6.45) is -0.411. The summed E-state index contributed by atoms with van der Waals surface area (Å²) in [6.45, 7) is 9.19. The number of hydrogen-bond acceptors (Lipinski definition) is 4. The first kappa shape index (κ1) is 17.5. The molecule has 0 saturated heterocycles. The lowest BCUT2D eigenvalue weighted by Gasteiger charge is -2.17. The fourth-order valence-electron chi connectivity index (χ4n) is 1.83. The normalized spacial score (nSPS) is 10.6. The maximum Gasteiger partial charge on any atom is 0.407 e. The van der Waals surface area contributed by atoms with Gasteiger partial charge in [0, 0.05) is 13.1 Å². The third kappa shape index (κ3) is 8.32. The molecule has 0 saturated carbocycles. The number of carbonyl (C=O) groups excluding carboxylic acids is 1. The van der Waals surface area contributed by atoms with Crippen LogP contribution < -0.4 is 5.32 Å². The lowest BCUT2D eigenvalue weighted by molar-refractivity contribution is 0.102. The zero-order chi connectivity index (χ0) is 15.3. The number of amides is 1. The molecule has 21 heavy (non-hydrogen) atoms. The molecule has 1 aromatic rings. The van der Waals surface area contributed by atoms with Crippen LogP contribution in [-0.4, -0.2) is 50.4 Å². The standard InChI is InChI=1S/C16H26N2O3/c1-3-18(4-2)11-13-20-12-10-17-16(19)21-14-15-8-6-5-7-9-15/h5-9H,3-4,10-14H2,1-2H3,(H,17,19). The molecular weight excluding hydrogens is 268 g/mol. The maximum absolute atomic E-state index is 11.5. The highest BCUT2D eigenvalue weighted by atomic mass is 16.5. The van der Waals surface area contributed by atoms with Gasteiger partial charge in [-0.3, -0.25) is 0 Å². The van der Waals surface area contributed by atoms with Gasteiger partial charge in [0.1, 0.15) is 6.61 Å². The van der Waals surface area contributed by atoms with Gasteiger partial charge in [-0.15, -0.1) is 0 Å². The Kier molecular flexibility index (Phi) is 9.24. The van der Waals surface area contributed by atoms with Gasteiger partial charge in [0.25, 0.3) is 0 Å². The minimum Gasteiger partial charge on any atom is -0.445 e. The van der Waals surface area contributed by atoms with Crippen molar-refractivity contribution in [3.63, 3.8) is 0 Å². The Bertz CT molecular complexity index is 380. The van der Waals surface area contributed by atoms with E-state index in [-0.39, 0.29) is 6.61 Å². The van der Waals surface area contributed by atoms with Crippen LogP contribution in [0.4, 0.5) is 4.79 Å². The van der Waals surface area contributed by atoms with E-state index in [0.717, 1.165) is 25.2 Å². The summed E-state index contributed by atoms with van der Waals surface area (Å²) in [5.74, 6) is 0. The minimum absolute atomic E-state index is 0.287. The minimum atomic E-state index is -0.411. The Morgan fingerprint density at radius 3 is 2.52 bits per heavy atom. The van der Waals surface area contributed by atoms with E-state index in [9.17, 15) is 4.79 Å². The van der Waals surface area contributed by atoms with Crippen molar-refractivity contribution in [3.05, 3.63) is 35.9 Å². The number of benzene rings is 1. The summed E-state index contributed by atoms with van der Waals surface area (Å²) in [7, 11) is 0. The van der Waals surface area contributed by atoms with Crippen LogP contribution in [0.2, 0.25) is 0 Å². The van der Waals surface area contributed by atoms with Crippen LogP contribution in [0.25, 0.3) is 0 Å². The molecule has 0 spiro atoms. The highest BCUT2D eigenvalue weighted by Gasteiger charge is 2.02. The number of nitrogens with one attached hydrogen (secondary N) is 1. The molecule has 0 radical (unpaired) electrons. The van der Waals surface area contributed by atoms with Crippen molar-refractivity contribution in [2.24, 2.45) is 0 Å². The number of alkyl carbamates (subject to hydrolysis) is 1. The smallest absolute Gasteiger partial charge is 0.407 e. The average Bonchev–Trinajstić information content (AvgIpc) is 2.53. The van der Waals surface area contributed by atoms with Crippen LogP contribution in [0.3, 0.4) is 0 Å². The fraction of sp³-hybridized carbons (Fsp3) is 0.562. The molecule has 1 aromatic carbocycles. The van der Waals surface area contributed by atoms with Crippen molar-refractivity contribution in [3.8, 4) is 0 Å². The predicted molar refractivity (Wildman–Crippen MR) is 83.2 cm³/mol. The van der Waals surface area contributed by atoms with Gasteiger partial charge < -0.3 is 19.7 Å². The van der Waals surface area contributed by atoms with Crippen molar-refractivity contribution in [2.45, 2.75) is 20.5 Å². The molecule has 0 heterocycles. The van der Waals surface area contributed by atoms with Gasteiger partial charge in [0.2, 0.25) is 0 Å². The second kappa shape index (κ2) is 11.1. The van der Waals surface area contributed by atoms with Crippen LogP contribution in [0.5, 0.6) is 0 Å². The van der Waals surface area contributed by atoms with Gasteiger partial charge in [-0.2, -0.15) is 0 Å². The maximum atomic E-state index is 11.5. The first-order valence-electron chi connectivity index (χ1n) is 7.50. The lowest BCUT2D eigenvalue weighted by Crippen LogP contribution is -2.30. The van der Waals surface area contributed by atoms with Gasteiger partial charge in [-0.1, -0.05) is 44.2 Å². The molecule has 0 bridgehead atoms. The van der Waals surface area contributed by atoms with Crippen LogP contribution >= 0.6 is 0 Å². The summed E-state index contributed by atoms with van der Waals surface area (Å²) in [5.41, 5.74) is 0.975. The molecule has 118 valence electrons. The van der Waals surface area contributed by atoms with Gasteiger partial charge in [0.05, 0.1) is 13.2 Å². The second-order valence-corrected chi connectivity index (χ2v) is 4.63. The third-order valence-corrected chi connectivity index (χ3v) is 3.17. The molecule has 0 atom stereocenters. The van der Waals surface area contributed by atoms with Crippen LogP contribution in [0, 0.1) is 0 Å². The second-order valence-electron chi connectivity index (χ2n) is 4.63. The van der Waals surface area contributed by atoms with E-state index in [1.54, 1.807) is 0 Å². The quantitative estimate of drug-likeness (QED) is 0.673. The Balaban J connectivity index is 1.98. The predicted octanol–water partition coefficient (Wildman–Crippen LogP) is 2.27. The summed E-state index contributed by atoms with van der Waals surface area (Å²) < 4.78 is 10.6. The third-order valence-electron chi connectivity index (χ3n) is 3.17. The Labute approximate surface area is 127 Å². The average molecular weight is 294 g/mol. The Morgan fingerprint density at radius 1 is 1.14 bits per heavy atom. The molecule has 1 rings (SSSR count). The number of rotatable bonds is 10. The fourth-order valence-corrected chi connectivity index (χ4v) is 1.83. The van der Waals surface area contributed by atoms with Crippen molar-refractivity contribution < 1.29 is 14.3 Å². The van der Waals surface area contributed by atoms with Gasteiger partial charge >= 0.3 is 6.09 Å². The molecule has 0 unspecified atom stereocenters. The van der Waals surface area contributed by atoms with E-state index in [2.05, 4.69) is 24.1 Å². The SMILES string of the molecule is CCN(CC)CCOCCNC(=O)OCc1ccccc1. The molecule has 1 amide bonds. The van der Waals surface area contributed by atoms with Crippen molar-refractivity contribution in [2.75, 3.05) is 39.4 Å². The molecule has 0 aliphatic heterocycles. The lowest BCUT2D eigenvalue weighted by atomic mass is 10.2. The van der Waals surface area contributed by atoms with Gasteiger partial charge in [0.15, 0.2) is 0 Å². The molecule has 0 aliphatic rings. The zero-order valence-corrected chi connectivity index (χ0v) is 13.0. The zero-order valence-electron chi connectivity index (χ0n) is 13.0. The topological polar surface area (TPSA) is 50.8 Å². The molecular formula is C16H26N2O3. The van der Waals surface area contributed by atoms with E-state index in [1.165, 1.54) is 0 Å². The van der Waals surface area contributed by atoms with Crippen molar-refractivity contribution in [1.29, 1.82) is 0 Å². The van der Waals surface area contributed by atoms with E-state index in [1.807, 2.05) is 30.3 Å². The monoisotopic (exact) mass is 294 g/mol. The summed E-state index contributed by atoms with van der Waals surface area (Å²) >= 11 is 0. The van der Waals surface area contributed by atoms with Crippen LogP contribution in [0.1, 0.15) is 19.4 Å². The molecule has 1 N–H and O–H groups in total. The number of hydrogen-bond donors (Lipinski definition) is 1. The summed E-state index contributed by atoms with van der Waals surface area (Å²) in [6, 6.07) is 9.60. The number of likely N-dealkylation sites (N-methyl/N-ethyl adjacent to an activating group) is 1. The molecule has 5 heteroatoms. The first-order valence-corrected chi connectivity index (χ1v) is 7.50. The summed E-state index contributed by atoms with van der Waals surface area (Å²) in [5, 5.41) is 2.67.